The third-order valence-corrected chi connectivity index (χ3v) is 4.46. The van der Waals surface area contributed by atoms with Crippen LogP contribution in [0.4, 0.5) is 10.1 Å². The summed E-state index contributed by atoms with van der Waals surface area (Å²) in [4.78, 5) is 16.2. The molecule has 0 saturated heterocycles. The minimum atomic E-state index is -0.213. The van der Waals surface area contributed by atoms with Crippen molar-refractivity contribution in [3.8, 4) is 0 Å². The monoisotopic (exact) mass is 518 g/mol. The van der Waals surface area contributed by atoms with Crippen LogP contribution in [0.15, 0.2) is 47.5 Å². The van der Waals surface area contributed by atoms with Crippen LogP contribution < -0.4 is 16.0 Å². The minimum absolute atomic E-state index is 0. The van der Waals surface area contributed by atoms with E-state index in [1.54, 1.807) is 31.3 Å². The lowest BCUT2D eigenvalue weighted by Crippen LogP contribution is -2.39. The number of halogens is 3. The highest BCUT2D eigenvalue weighted by atomic mass is 127. The highest BCUT2D eigenvalue weighted by Gasteiger charge is 2.07. The number of nitrogens with one attached hydrogen (secondary N) is 3. The normalized spacial score (nSPS) is 10.8. The molecule has 0 atom stereocenters. The first-order valence-electron chi connectivity index (χ1n) is 8.74. The number of hydrogen-bond donors (Lipinski definition) is 3. The van der Waals surface area contributed by atoms with Gasteiger partial charge in [-0.25, -0.2) is 4.39 Å². The molecule has 0 saturated carbocycles. The van der Waals surface area contributed by atoms with E-state index in [4.69, 9.17) is 11.6 Å². The summed E-state index contributed by atoms with van der Waals surface area (Å²) in [6, 6.07) is 12.1. The Kier molecular flexibility index (Phi) is 10.8. The van der Waals surface area contributed by atoms with E-state index >= 15 is 0 Å². The summed E-state index contributed by atoms with van der Waals surface area (Å²) in [5, 5.41) is 9.64. The molecule has 0 aromatic heterocycles. The summed E-state index contributed by atoms with van der Waals surface area (Å²) < 4.78 is 13.6. The molecule has 8 heteroatoms. The molecule has 0 aliphatic rings. The molecule has 2 rings (SSSR count). The first kappa shape index (κ1) is 24.2. The van der Waals surface area contributed by atoms with Gasteiger partial charge in [0.2, 0.25) is 5.91 Å². The Labute approximate surface area is 187 Å². The van der Waals surface area contributed by atoms with Crippen molar-refractivity contribution < 1.29 is 9.18 Å². The fourth-order valence-electron chi connectivity index (χ4n) is 2.49. The molecule has 2 aromatic rings. The van der Waals surface area contributed by atoms with Crippen molar-refractivity contribution in [2.24, 2.45) is 4.99 Å². The van der Waals surface area contributed by atoms with Gasteiger partial charge in [-0.1, -0.05) is 35.9 Å². The standard InChI is InChI=1S/C20H24ClFN4O.HI/c1-14-16(21)7-5-9-18(14)26-19(27)11-13-25-20(23-2)24-12-10-15-6-3-4-8-17(15)22;/h3-9H,10-13H2,1-2H3,(H,26,27)(H2,23,24,25);1H. The summed E-state index contributed by atoms with van der Waals surface area (Å²) in [5.41, 5.74) is 2.20. The molecule has 5 nitrogen and oxygen atoms in total. The van der Waals surface area contributed by atoms with Gasteiger partial charge in [0.1, 0.15) is 5.82 Å². The first-order valence-corrected chi connectivity index (χ1v) is 9.12. The molecule has 152 valence electrons. The molecule has 0 aliphatic carbocycles. The molecule has 0 bridgehead atoms. The Morgan fingerprint density at radius 3 is 2.54 bits per heavy atom. The molecule has 0 radical (unpaired) electrons. The number of carbonyl (C=O) groups excluding carboxylic acids is 1. The molecule has 0 aliphatic heterocycles. The van der Waals surface area contributed by atoms with Crippen LogP contribution >= 0.6 is 35.6 Å². The van der Waals surface area contributed by atoms with E-state index in [9.17, 15) is 9.18 Å². The largest absolute Gasteiger partial charge is 0.356 e. The Morgan fingerprint density at radius 2 is 1.82 bits per heavy atom. The van der Waals surface area contributed by atoms with Crippen molar-refractivity contribution in [3.63, 3.8) is 0 Å². The van der Waals surface area contributed by atoms with Crippen molar-refractivity contribution in [2.45, 2.75) is 19.8 Å². The number of guanidine groups is 1. The number of rotatable bonds is 7. The summed E-state index contributed by atoms with van der Waals surface area (Å²) in [7, 11) is 1.65. The summed E-state index contributed by atoms with van der Waals surface area (Å²) in [6.45, 7) is 2.82. The smallest absolute Gasteiger partial charge is 0.226 e. The van der Waals surface area contributed by atoms with Crippen LogP contribution in [0, 0.1) is 12.7 Å². The molecule has 2 aromatic carbocycles. The maximum absolute atomic E-state index is 13.6. The quantitative estimate of drug-likeness (QED) is 0.293. The van der Waals surface area contributed by atoms with Gasteiger partial charge in [0.05, 0.1) is 0 Å². The Morgan fingerprint density at radius 1 is 1.11 bits per heavy atom. The molecular weight excluding hydrogens is 494 g/mol. The number of amides is 1. The number of nitrogens with zero attached hydrogens (tertiary/aromatic N) is 1. The van der Waals surface area contributed by atoms with Gasteiger partial charge >= 0.3 is 0 Å². The summed E-state index contributed by atoms with van der Waals surface area (Å²) in [5.74, 6) is 0.239. The third-order valence-electron chi connectivity index (χ3n) is 4.05. The van der Waals surface area contributed by atoms with Gasteiger partial charge in [0.25, 0.3) is 0 Å². The summed E-state index contributed by atoms with van der Waals surface area (Å²) in [6.07, 6.45) is 0.821. The van der Waals surface area contributed by atoms with Gasteiger partial charge in [-0.3, -0.25) is 9.79 Å². The van der Waals surface area contributed by atoms with Gasteiger partial charge in [-0.15, -0.1) is 24.0 Å². The Hall–Kier alpha value is -1.87. The molecule has 1 amide bonds. The SMILES string of the molecule is CN=C(NCCC(=O)Nc1cccc(Cl)c1C)NCCc1ccccc1F.I. The number of carbonyl (C=O) groups is 1. The summed E-state index contributed by atoms with van der Waals surface area (Å²) >= 11 is 6.05. The number of benzene rings is 2. The van der Waals surface area contributed by atoms with Gasteiger partial charge in [0, 0.05) is 37.3 Å². The van der Waals surface area contributed by atoms with Gasteiger partial charge < -0.3 is 16.0 Å². The molecule has 3 N–H and O–H groups in total. The van der Waals surface area contributed by atoms with Crippen LogP contribution in [-0.2, 0) is 11.2 Å². The van der Waals surface area contributed by atoms with E-state index in [1.165, 1.54) is 6.07 Å². The second kappa shape index (κ2) is 12.6. The van der Waals surface area contributed by atoms with E-state index in [-0.39, 0.29) is 42.1 Å². The molecule has 28 heavy (non-hydrogen) atoms. The fraction of sp³-hybridized carbons (Fsp3) is 0.300. The molecular formula is C20H25ClFIN4O. The second-order valence-corrected chi connectivity index (χ2v) is 6.38. The van der Waals surface area contributed by atoms with Crippen LogP contribution in [0.2, 0.25) is 5.02 Å². The zero-order valence-corrected chi connectivity index (χ0v) is 19.0. The van der Waals surface area contributed by atoms with Gasteiger partial charge in [-0.2, -0.15) is 0 Å². The van der Waals surface area contributed by atoms with Crippen molar-refractivity contribution in [1.29, 1.82) is 0 Å². The van der Waals surface area contributed by atoms with Crippen LogP contribution in [0.5, 0.6) is 0 Å². The Balaban J connectivity index is 0.00000392. The Bertz CT molecular complexity index is 817. The lowest BCUT2D eigenvalue weighted by Gasteiger charge is -2.13. The molecule has 0 heterocycles. The predicted octanol–water partition coefficient (Wildman–Crippen LogP) is 4.14. The van der Waals surface area contributed by atoms with Crippen molar-refractivity contribution in [3.05, 3.63) is 64.4 Å². The minimum Gasteiger partial charge on any atom is -0.356 e. The van der Waals surface area contributed by atoms with Crippen LogP contribution in [0.3, 0.4) is 0 Å². The number of hydrogen-bond acceptors (Lipinski definition) is 2. The molecule has 0 unspecified atom stereocenters. The van der Waals surface area contributed by atoms with E-state index in [0.29, 0.717) is 41.7 Å². The third kappa shape index (κ3) is 7.63. The number of aliphatic imine (C=N–C) groups is 1. The van der Waals surface area contributed by atoms with Crippen molar-refractivity contribution in [1.82, 2.24) is 10.6 Å². The lowest BCUT2D eigenvalue weighted by atomic mass is 10.1. The van der Waals surface area contributed by atoms with Crippen LogP contribution in [0.25, 0.3) is 0 Å². The average Bonchev–Trinajstić information content (AvgIpc) is 2.65. The fourth-order valence-corrected chi connectivity index (χ4v) is 2.66. The topological polar surface area (TPSA) is 65.5 Å². The van der Waals surface area contributed by atoms with Crippen LogP contribution in [-0.4, -0.2) is 32.0 Å². The highest BCUT2D eigenvalue weighted by molar-refractivity contribution is 14.0. The van der Waals surface area contributed by atoms with Crippen LogP contribution in [0.1, 0.15) is 17.5 Å². The average molecular weight is 519 g/mol. The molecule has 0 spiro atoms. The van der Waals surface area contributed by atoms with Crippen molar-refractivity contribution >= 4 is 53.1 Å². The predicted molar refractivity (Wildman–Crippen MR) is 124 cm³/mol. The van der Waals surface area contributed by atoms with Crippen molar-refractivity contribution in [2.75, 3.05) is 25.5 Å². The maximum atomic E-state index is 13.6. The lowest BCUT2D eigenvalue weighted by molar-refractivity contribution is -0.116. The highest BCUT2D eigenvalue weighted by Crippen LogP contribution is 2.22. The van der Waals surface area contributed by atoms with Gasteiger partial charge in [-0.05, 0) is 42.7 Å². The van der Waals surface area contributed by atoms with E-state index < -0.39 is 0 Å². The van der Waals surface area contributed by atoms with E-state index in [1.807, 2.05) is 19.1 Å². The van der Waals surface area contributed by atoms with Gasteiger partial charge in [0.15, 0.2) is 5.96 Å². The molecule has 0 fully saturated rings. The van der Waals surface area contributed by atoms with E-state index in [0.717, 1.165) is 5.56 Å². The van der Waals surface area contributed by atoms with E-state index in [2.05, 4.69) is 20.9 Å². The zero-order chi connectivity index (χ0) is 19.6. The zero-order valence-electron chi connectivity index (χ0n) is 15.9. The number of anilines is 1. The second-order valence-electron chi connectivity index (χ2n) is 5.98. The maximum Gasteiger partial charge on any atom is 0.226 e. The first-order chi connectivity index (χ1) is 13.0.